The Labute approximate surface area is 118 Å². The maximum Gasteiger partial charge on any atom is 0.111 e. The highest BCUT2D eigenvalue weighted by Gasteiger charge is 2.20. The van der Waals surface area contributed by atoms with Crippen LogP contribution in [0.5, 0.6) is 0 Å². The first-order valence-electron chi connectivity index (χ1n) is 7.02. The number of rotatable bonds is 12. The molecule has 0 spiro atoms. The van der Waals surface area contributed by atoms with E-state index in [-0.39, 0.29) is 5.41 Å². The van der Waals surface area contributed by atoms with E-state index in [2.05, 4.69) is 32.3 Å². The van der Waals surface area contributed by atoms with Gasteiger partial charge >= 0.3 is 0 Å². The van der Waals surface area contributed by atoms with Gasteiger partial charge in [0.1, 0.15) is 6.61 Å². The minimum Gasteiger partial charge on any atom is -0.496 e. The van der Waals surface area contributed by atoms with Gasteiger partial charge in [0.05, 0.1) is 32.2 Å². The Balaban J connectivity index is 3.34. The predicted octanol–water partition coefficient (Wildman–Crippen LogP) is 2.55. The molecule has 19 heavy (non-hydrogen) atoms. The van der Waals surface area contributed by atoms with Crippen LogP contribution in [0.2, 0.25) is 0 Å². The van der Waals surface area contributed by atoms with Crippen LogP contribution in [0.25, 0.3) is 0 Å². The van der Waals surface area contributed by atoms with Crippen molar-refractivity contribution < 1.29 is 14.2 Å². The molecule has 0 amide bonds. The van der Waals surface area contributed by atoms with Crippen LogP contribution >= 0.6 is 0 Å². The van der Waals surface area contributed by atoms with Crippen LogP contribution in [0, 0.1) is 5.41 Å². The van der Waals surface area contributed by atoms with Crippen LogP contribution in [0.1, 0.15) is 27.2 Å². The van der Waals surface area contributed by atoms with Crippen LogP contribution in [0.4, 0.5) is 0 Å². The maximum atomic E-state index is 5.59. The molecule has 0 aromatic rings. The van der Waals surface area contributed by atoms with E-state index in [4.69, 9.17) is 14.2 Å². The van der Waals surface area contributed by atoms with Crippen molar-refractivity contribution in [3.63, 3.8) is 0 Å². The number of likely N-dealkylation sites (N-methyl/N-ethyl adjacent to an activating group) is 1. The molecule has 114 valence electrons. The Morgan fingerprint density at radius 2 is 1.53 bits per heavy atom. The number of allylic oxidation sites excluding steroid dienone is 1. The van der Waals surface area contributed by atoms with Gasteiger partial charge in [0.25, 0.3) is 0 Å². The predicted molar refractivity (Wildman–Crippen MR) is 79.4 cm³/mol. The Kier molecular flexibility index (Phi) is 9.92. The van der Waals surface area contributed by atoms with Crippen molar-refractivity contribution in [2.45, 2.75) is 27.2 Å². The number of hydrogen-bond acceptors (Lipinski definition) is 4. The fraction of sp³-hybridized carbons (Fsp3) is 0.867. The van der Waals surface area contributed by atoms with Gasteiger partial charge in [-0.25, -0.2) is 0 Å². The van der Waals surface area contributed by atoms with Gasteiger partial charge in [-0.1, -0.05) is 27.4 Å². The monoisotopic (exact) mass is 273 g/mol. The van der Waals surface area contributed by atoms with Gasteiger partial charge in [0, 0.05) is 12.0 Å². The van der Waals surface area contributed by atoms with Crippen molar-refractivity contribution in [2.75, 3.05) is 53.7 Å². The molecular formula is C15H31NO3. The van der Waals surface area contributed by atoms with Crippen molar-refractivity contribution in [1.82, 2.24) is 4.90 Å². The molecule has 0 rings (SSSR count). The largest absolute Gasteiger partial charge is 0.496 e. The molecule has 0 aliphatic rings. The molecule has 4 heteroatoms. The van der Waals surface area contributed by atoms with Gasteiger partial charge in [-0.3, -0.25) is 0 Å². The van der Waals surface area contributed by atoms with Crippen molar-refractivity contribution in [3.05, 3.63) is 12.3 Å². The third kappa shape index (κ3) is 9.93. The van der Waals surface area contributed by atoms with E-state index >= 15 is 0 Å². The Hall–Kier alpha value is -0.580. The van der Waals surface area contributed by atoms with E-state index < -0.39 is 0 Å². The second-order valence-corrected chi connectivity index (χ2v) is 5.54. The number of hydrogen-bond donors (Lipinski definition) is 0. The smallest absolute Gasteiger partial charge is 0.111 e. The summed E-state index contributed by atoms with van der Waals surface area (Å²) in [6.07, 6.45) is 1.02. The van der Waals surface area contributed by atoms with Gasteiger partial charge in [0.2, 0.25) is 0 Å². The lowest BCUT2D eigenvalue weighted by molar-refractivity contribution is 0.0177. The van der Waals surface area contributed by atoms with Crippen molar-refractivity contribution in [3.8, 4) is 0 Å². The first kappa shape index (κ1) is 18.4. The summed E-state index contributed by atoms with van der Waals surface area (Å²) in [7, 11) is 4.06. The first-order chi connectivity index (χ1) is 8.90. The lowest BCUT2D eigenvalue weighted by Crippen LogP contribution is -2.20. The second kappa shape index (κ2) is 10.2. The van der Waals surface area contributed by atoms with Crippen LogP contribution in [-0.2, 0) is 14.2 Å². The first-order valence-corrected chi connectivity index (χ1v) is 7.02. The average Bonchev–Trinajstić information content (AvgIpc) is 2.36. The standard InChI is InChI=1S/C15H31NO3/c1-7-15(3,4)14(2)19-13-12-18-11-10-17-9-8-16(5)6/h2,7-13H2,1,3-6H3. The van der Waals surface area contributed by atoms with E-state index in [9.17, 15) is 0 Å². The van der Waals surface area contributed by atoms with Crippen molar-refractivity contribution in [1.29, 1.82) is 0 Å². The molecule has 4 nitrogen and oxygen atoms in total. The molecule has 0 saturated heterocycles. The van der Waals surface area contributed by atoms with Crippen molar-refractivity contribution >= 4 is 0 Å². The van der Waals surface area contributed by atoms with E-state index in [1.807, 2.05) is 14.1 Å². The summed E-state index contributed by atoms with van der Waals surface area (Å²) in [6.45, 7) is 14.4. The molecule has 0 saturated carbocycles. The second-order valence-electron chi connectivity index (χ2n) is 5.54. The summed E-state index contributed by atoms with van der Waals surface area (Å²) in [5.74, 6) is 0.834. The summed E-state index contributed by atoms with van der Waals surface area (Å²) < 4.78 is 16.4. The fourth-order valence-electron chi connectivity index (χ4n) is 1.19. The lowest BCUT2D eigenvalue weighted by Gasteiger charge is -2.25. The molecule has 0 aromatic heterocycles. The van der Waals surface area contributed by atoms with E-state index in [1.54, 1.807) is 0 Å². The summed E-state index contributed by atoms with van der Waals surface area (Å²) in [5.41, 5.74) is 0.0370. The topological polar surface area (TPSA) is 30.9 Å². The normalized spacial score (nSPS) is 11.9. The molecule has 0 aliphatic heterocycles. The zero-order chi connectivity index (χ0) is 14.7. The summed E-state index contributed by atoms with van der Waals surface area (Å²) in [4.78, 5) is 2.09. The Morgan fingerprint density at radius 1 is 1.00 bits per heavy atom. The Morgan fingerprint density at radius 3 is 2.05 bits per heavy atom. The molecule has 0 atom stereocenters. The maximum absolute atomic E-state index is 5.59. The fourth-order valence-corrected chi connectivity index (χ4v) is 1.19. The molecule has 0 bridgehead atoms. The molecule has 0 aromatic carbocycles. The van der Waals surface area contributed by atoms with Crippen LogP contribution < -0.4 is 0 Å². The quantitative estimate of drug-likeness (QED) is 0.404. The van der Waals surface area contributed by atoms with Crippen LogP contribution in [-0.4, -0.2) is 58.6 Å². The summed E-state index contributed by atoms with van der Waals surface area (Å²) in [6, 6.07) is 0. The van der Waals surface area contributed by atoms with Gasteiger partial charge in [-0.15, -0.1) is 0 Å². The highest BCUT2D eigenvalue weighted by Crippen LogP contribution is 2.28. The minimum absolute atomic E-state index is 0.0370. The van der Waals surface area contributed by atoms with Gasteiger partial charge in [-0.05, 0) is 20.5 Å². The van der Waals surface area contributed by atoms with Gasteiger partial charge in [-0.2, -0.15) is 0 Å². The summed E-state index contributed by atoms with van der Waals surface area (Å²) >= 11 is 0. The third-order valence-corrected chi connectivity index (χ3v) is 3.20. The highest BCUT2D eigenvalue weighted by atomic mass is 16.5. The number of nitrogens with zero attached hydrogens (tertiary/aromatic N) is 1. The zero-order valence-electron chi connectivity index (χ0n) is 13.3. The molecule has 0 aliphatic carbocycles. The zero-order valence-corrected chi connectivity index (χ0v) is 13.3. The molecular weight excluding hydrogens is 242 g/mol. The van der Waals surface area contributed by atoms with E-state index in [0.29, 0.717) is 26.4 Å². The average molecular weight is 273 g/mol. The van der Waals surface area contributed by atoms with Crippen LogP contribution in [0.15, 0.2) is 12.3 Å². The molecule has 0 N–H and O–H groups in total. The van der Waals surface area contributed by atoms with Crippen LogP contribution in [0.3, 0.4) is 0 Å². The van der Waals surface area contributed by atoms with Crippen molar-refractivity contribution in [2.24, 2.45) is 5.41 Å². The van der Waals surface area contributed by atoms with Gasteiger partial charge < -0.3 is 19.1 Å². The third-order valence-electron chi connectivity index (χ3n) is 3.20. The highest BCUT2D eigenvalue weighted by molar-refractivity contribution is 4.97. The Bertz CT molecular complexity index is 240. The molecule has 0 unspecified atom stereocenters. The summed E-state index contributed by atoms with van der Waals surface area (Å²) in [5, 5.41) is 0. The molecule has 0 radical (unpaired) electrons. The van der Waals surface area contributed by atoms with E-state index in [1.165, 1.54) is 0 Å². The molecule has 0 heterocycles. The minimum atomic E-state index is 0.0370. The van der Waals surface area contributed by atoms with Gasteiger partial charge in [0.15, 0.2) is 0 Å². The number of ether oxygens (including phenoxy) is 3. The molecule has 0 fully saturated rings. The SMILES string of the molecule is C=C(OCCOCCOCCN(C)C)C(C)(C)CC. The van der Waals surface area contributed by atoms with E-state index in [0.717, 1.165) is 25.3 Å². The lowest BCUT2D eigenvalue weighted by atomic mass is 9.88.